The Morgan fingerprint density at radius 2 is 2.40 bits per heavy atom. The number of nitrogens with zero attached hydrogens (tertiary/aromatic N) is 2. The molecule has 5 N–H and O–H groups in total. The first-order valence-electron chi connectivity index (χ1n) is 4.17. The van der Waals surface area contributed by atoms with Crippen molar-refractivity contribution in [1.82, 2.24) is 4.98 Å². The molecule has 0 unspecified atom stereocenters. The van der Waals surface area contributed by atoms with Crippen molar-refractivity contribution in [2.24, 2.45) is 10.9 Å². The molecule has 0 amide bonds. The van der Waals surface area contributed by atoms with Crippen molar-refractivity contribution in [3.8, 4) is 0 Å². The molecule has 82 valence electrons. The summed E-state index contributed by atoms with van der Waals surface area (Å²) >= 11 is 5.87. The standard InChI is InChI=1S/C8H11ClN4O2/c9-6-3-5(7(10)13-15)4-12-8(6)11-1-2-14/h3-4,14-15H,1-2H2,(H2,10,13)(H,11,12). The van der Waals surface area contributed by atoms with Gasteiger partial charge in [-0.3, -0.25) is 0 Å². The summed E-state index contributed by atoms with van der Waals surface area (Å²) < 4.78 is 0. The number of halogens is 1. The van der Waals surface area contributed by atoms with Gasteiger partial charge < -0.3 is 21.4 Å². The van der Waals surface area contributed by atoms with Crippen LogP contribution in [0.4, 0.5) is 5.82 Å². The third kappa shape index (κ3) is 2.97. The number of pyridine rings is 1. The molecule has 0 saturated heterocycles. The fraction of sp³-hybridized carbons (Fsp3) is 0.250. The molecule has 0 spiro atoms. The van der Waals surface area contributed by atoms with E-state index in [2.05, 4.69) is 15.5 Å². The zero-order valence-corrected chi connectivity index (χ0v) is 8.57. The molecular formula is C8H11ClN4O2. The number of hydrogen-bond acceptors (Lipinski definition) is 5. The highest BCUT2D eigenvalue weighted by molar-refractivity contribution is 6.33. The number of aromatic nitrogens is 1. The molecule has 7 heteroatoms. The molecule has 0 aliphatic heterocycles. The summed E-state index contributed by atoms with van der Waals surface area (Å²) in [5.41, 5.74) is 5.78. The van der Waals surface area contributed by atoms with Gasteiger partial charge >= 0.3 is 0 Å². The Hall–Kier alpha value is -1.53. The molecule has 0 fully saturated rings. The second-order valence-corrected chi connectivity index (χ2v) is 3.10. The first kappa shape index (κ1) is 11.5. The van der Waals surface area contributed by atoms with E-state index in [9.17, 15) is 0 Å². The molecule has 6 nitrogen and oxygen atoms in total. The van der Waals surface area contributed by atoms with Crippen molar-refractivity contribution >= 4 is 23.3 Å². The lowest BCUT2D eigenvalue weighted by molar-refractivity contribution is 0.311. The average Bonchev–Trinajstić information content (AvgIpc) is 2.26. The second-order valence-electron chi connectivity index (χ2n) is 2.69. The summed E-state index contributed by atoms with van der Waals surface area (Å²) in [6.45, 7) is 0.343. The van der Waals surface area contributed by atoms with Crippen molar-refractivity contribution in [2.45, 2.75) is 0 Å². The van der Waals surface area contributed by atoms with Gasteiger partial charge in [0, 0.05) is 18.3 Å². The molecular weight excluding hydrogens is 220 g/mol. The van der Waals surface area contributed by atoms with E-state index in [0.717, 1.165) is 0 Å². The lowest BCUT2D eigenvalue weighted by Gasteiger charge is -2.06. The molecule has 0 aliphatic carbocycles. The minimum absolute atomic E-state index is 0.0139. The van der Waals surface area contributed by atoms with Crippen LogP contribution < -0.4 is 11.1 Å². The van der Waals surface area contributed by atoms with Crippen LogP contribution in [-0.4, -0.2) is 34.3 Å². The van der Waals surface area contributed by atoms with Crippen LogP contribution in [0.15, 0.2) is 17.4 Å². The molecule has 0 bridgehead atoms. The number of hydrogen-bond donors (Lipinski definition) is 4. The molecule has 0 radical (unpaired) electrons. The van der Waals surface area contributed by atoms with E-state index in [-0.39, 0.29) is 12.4 Å². The van der Waals surface area contributed by atoms with Crippen LogP contribution in [0.2, 0.25) is 5.02 Å². The van der Waals surface area contributed by atoms with Crippen molar-refractivity contribution in [2.75, 3.05) is 18.5 Å². The Balaban J connectivity index is 2.88. The SMILES string of the molecule is N/C(=N\O)c1cnc(NCCO)c(Cl)c1. The first-order valence-corrected chi connectivity index (χ1v) is 4.55. The van der Waals surface area contributed by atoms with Gasteiger partial charge in [0.1, 0.15) is 5.82 Å². The fourth-order valence-electron chi connectivity index (χ4n) is 0.940. The van der Waals surface area contributed by atoms with E-state index in [4.69, 9.17) is 27.6 Å². The van der Waals surface area contributed by atoms with Gasteiger partial charge in [-0.25, -0.2) is 4.98 Å². The summed E-state index contributed by atoms with van der Waals surface area (Å²) in [5.74, 6) is 0.387. The maximum absolute atomic E-state index is 8.59. The molecule has 15 heavy (non-hydrogen) atoms. The van der Waals surface area contributed by atoms with Gasteiger partial charge in [-0.15, -0.1) is 0 Å². The van der Waals surface area contributed by atoms with Crippen LogP contribution in [0.25, 0.3) is 0 Å². The van der Waals surface area contributed by atoms with Gasteiger partial charge in [-0.05, 0) is 6.07 Å². The predicted molar refractivity (Wildman–Crippen MR) is 57.3 cm³/mol. The Kier molecular flexibility index (Phi) is 4.14. The monoisotopic (exact) mass is 230 g/mol. The van der Waals surface area contributed by atoms with Crippen LogP contribution in [0.1, 0.15) is 5.56 Å². The van der Waals surface area contributed by atoms with Crippen molar-refractivity contribution < 1.29 is 10.3 Å². The van der Waals surface area contributed by atoms with E-state index < -0.39 is 0 Å². The maximum atomic E-state index is 8.59. The highest BCUT2D eigenvalue weighted by Gasteiger charge is 2.05. The van der Waals surface area contributed by atoms with E-state index in [1.165, 1.54) is 12.3 Å². The summed E-state index contributed by atoms with van der Waals surface area (Å²) in [6, 6.07) is 1.52. The lowest BCUT2D eigenvalue weighted by Crippen LogP contribution is -2.14. The predicted octanol–water partition coefficient (Wildman–Crippen LogP) is 0.234. The molecule has 1 aromatic rings. The number of aliphatic hydroxyl groups excluding tert-OH is 1. The Labute approximate surface area is 91.4 Å². The summed E-state index contributed by atoms with van der Waals surface area (Å²) in [4.78, 5) is 3.96. The highest BCUT2D eigenvalue weighted by atomic mass is 35.5. The van der Waals surface area contributed by atoms with E-state index in [0.29, 0.717) is 22.9 Å². The summed E-state index contributed by atoms with van der Waals surface area (Å²) in [5, 5.41) is 23.0. The number of nitrogens with two attached hydrogens (primary N) is 1. The largest absolute Gasteiger partial charge is 0.409 e. The topological polar surface area (TPSA) is 104 Å². The molecule has 0 aliphatic rings. The van der Waals surface area contributed by atoms with Crippen molar-refractivity contribution in [3.63, 3.8) is 0 Å². The molecule has 0 saturated carbocycles. The first-order chi connectivity index (χ1) is 7.19. The van der Waals surface area contributed by atoms with Crippen LogP contribution in [0.3, 0.4) is 0 Å². The van der Waals surface area contributed by atoms with Gasteiger partial charge in [-0.1, -0.05) is 16.8 Å². The number of aliphatic hydroxyl groups is 1. The van der Waals surface area contributed by atoms with Gasteiger partial charge in [0.15, 0.2) is 5.84 Å². The quantitative estimate of drug-likeness (QED) is 0.257. The van der Waals surface area contributed by atoms with Gasteiger partial charge in [0.25, 0.3) is 0 Å². The number of rotatable bonds is 4. The fourth-order valence-corrected chi connectivity index (χ4v) is 1.17. The van der Waals surface area contributed by atoms with Crippen molar-refractivity contribution in [1.29, 1.82) is 0 Å². The Morgan fingerprint density at radius 1 is 1.67 bits per heavy atom. The van der Waals surface area contributed by atoms with Crippen LogP contribution >= 0.6 is 11.6 Å². The molecule has 1 rings (SSSR count). The summed E-state index contributed by atoms with van der Waals surface area (Å²) in [7, 11) is 0. The van der Waals surface area contributed by atoms with E-state index >= 15 is 0 Å². The molecule has 1 heterocycles. The van der Waals surface area contributed by atoms with Gasteiger partial charge in [-0.2, -0.15) is 0 Å². The van der Waals surface area contributed by atoms with Gasteiger partial charge in [0.05, 0.1) is 11.6 Å². The lowest BCUT2D eigenvalue weighted by atomic mass is 10.2. The third-order valence-electron chi connectivity index (χ3n) is 1.65. The number of amidine groups is 1. The highest BCUT2D eigenvalue weighted by Crippen LogP contribution is 2.19. The van der Waals surface area contributed by atoms with E-state index in [1.54, 1.807) is 0 Å². The molecule has 0 aromatic carbocycles. The number of anilines is 1. The van der Waals surface area contributed by atoms with Crippen LogP contribution in [0.5, 0.6) is 0 Å². The van der Waals surface area contributed by atoms with E-state index in [1.807, 2.05) is 0 Å². The molecule has 0 atom stereocenters. The molecule has 1 aromatic heterocycles. The zero-order chi connectivity index (χ0) is 11.3. The smallest absolute Gasteiger partial charge is 0.171 e. The van der Waals surface area contributed by atoms with Crippen LogP contribution in [0, 0.1) is 0 Å². The third-order valence-corrected chi connectivity index (χ3v) is 1.94. The minimum atomic E-state index is -0.0573. The van der Waals surface area contributed by atoms with Crippen LogP contribution in [-0.2, 0) is 0 Å². The zero-order valence-electron chi connectivity index (χ0n) is 7.81. The average molecular weight is 231 g/mol. The van der Waals surface area contributed by atoms with Gasteiger partial charge in [0.2, 0.25) is 0 Å². The Bertz CT molecular complexity index is 370. The normalized spacial score (nSPS) is 11.5. The number of oxime groups is 1. The maximum Gasteiger partial charge on any atom is 0.171 e. The minimum Gasteiger partial charge on any atom is -0.409 e. The van der Waals surface area contributed by atoms with Crippen molar-refractivity contribution in [3.05, 3.63) is 22.8 Å². The summed E-state index contributed by atoms with van der Waals surface area (Å²) in [6.07, 6.45) is 1.42. The number of nitrogens with one attached hydrogen (secondary N) is 1. The second kappa shape index (κ2) is 5.38. The Morgan fingerprint density at radius 3 is 2.93 bits per heavy atom.